The number of ether oxygens (including phenoxy) is 1. The van der Waals surface area contributed by atoms with Crippen LogP contribution >= 0.6 is 0 Å². The van der Waals surface area contributed by atoms with Gasteiger partial charge >= 0.3 is 0 Å². The maximum Gasteiger partial charge on any atom is 0.165 e. The quantitative estimate of drug-likeness (QED) is 0.873. The van der Waals surface area contributed by atoms with E-state index in [0.29, 0.717) is 13.1 Å². The minimum absolute atomic E-state index is 0.244. The molecular weight excluding hydrogens is 221 g/mol. The van der Waals surface area contributed by atoms with Crippen LogP contribution < -0.4 is 4.74 Å². The van der Waals surface area contributed by atoms with Gasteiger partial charge in [-0.05, 0) is 37.1 Å². The Labute approximate surface area is 101 Å². The van der Waals surface area contributed by atoms with Crippen molar-refractivity contribution >= 4 is 0 Å². The van der Waals surface area contributed by atoms with Crippen LogP contribution in [0.1, 0.15) is 18.4 Å². The van der Waals surface area contributed by atoms with Gasteiger partial charge < -0.3 is 9.84 Å². The molecule has 0 aromatic heterocycles. The molecule has 1 heterocycles. The van der Waals surface area contributed by atoms with E-state index in [0.717, 1.165) is 24.9 Å². The lowest BCUT2D eigenvalue weighted by molar-refractivity contribution is 0.0668. The smallest absolute Gasteiger partial charge is 0.165 e. The lowest BCUT2D eigenvalue weighted by atomic mass is 10.1. The molecule has 1 aromatic carbocycles. The van der Waals surface area contributed by atoms with Crippen LogP contribution in [0.3, 0.4) is 0 Å². The van der Waals surface area contributed by atoms with Crippen LogP contribution in [0.25, 0.3) is 0 Å². The maximum atomic E-state index is 13.5. The van der Waals surface area contributed by atoms with Gasteiger partial charge in [-0.2, -0.15) is 0 Å². The lowest BCUT2D eigenvalue weighted by Crippen LogP contribution is -2.37. The zero-order valence-electron chi connectivity index (χ0n) is 10.0. The van der Waals surface area contributed by atoms with Crippen molar-refractivity contribution in [3.8, 4) is 5.75 Å². The van der Waals surface area contributed by atoms with Crippen LogP contribution in [0.5, 0.6) is 5.75 Å². The average molecular weight is 239 g/mol. The highest BCUT2D eigenvalue weighted by atomic mass is 19.1. The van der Waals surface area contributed by atoms with Crippen molar-refractivity contribution in [3.63, 3.8) is 0 Å². The molecule has 4 heteroatoms. The number of β-amino-alcohol motifs (C(OH)–C–C–N with tert-alkyl or cyclic N) is 1. The summed E-state index contributed by atoms with van der Waals surface area (Å²) in [5, 5.41) is 9.56. The molecule has 0 bridgehead atoms. The van der Waals surface area contributed by atoms with Crippen molar-refractivity contribution in [2.24, 2.45) is 0 Å². The number of piperidine rings is 1. The molecule has 0 unspecified atom stereocenters. The molecular formula is C13H18FNO2. The highest BCUT2D eigenvalue weighted by Gasteiger charge is 2.17. The molecule has 0 spiro atoms. The Morgan fingerprint density at radius 2 is 2.35 bits per heavy atom. The first-order valence-electron chi connectivity index (χ1n) is 5.92. The summed E-state index contributed by atoms with van der Waals surface area (Å²) >= 11 is 0. The molecule has 94 valence electrons. The fraction of sp³-hybridized carbons (Fsp3) is 0.538. The predicted molar refractivity (Wildman–Crippen MR) is 63.5 cm³/mol. The predicted octanol–water partition coefficient (Wildman–Crippen LogP) is 1.79. The van der Waals surface area contributed by atoms with Crippen molar-refractivity contribution in [3.05, 3.63) is 29.6 Å². The number of nitrogens with zero attached hydrogens (tertiary/aromatic N) is 1. The first-order chi connectivity index (χ1) is 8.19. The number of aliphatic hydroxyl groups is 1. The summed E-state index contributed by atoms with van der Waals surface area (Å²) < 4.78 is 18.4. The van der Waals surface area contributed by atoms with Crippen LogP contribution in [0.15, 0.2) is 18.2 Å². The molecule has 0 radical (unpaired) electrons. The molecule has 2 rings (SSSR count). The van der Waals surface area contributed by atoms with Gasteiger partial charge in [-0.25, -0.2) is 4.39 Å². The third-order valence-corrected chi connectivity index (χ3v) is 3.10. The molecule has 1 saturated heterocycles. The lowest BCUT2D eigenvalue weighted by Gasteiger charge is -2.29. The Morgan fingerprint density at radius 3 is 3.00 bits per heavy atom. The number of hydrogen-bond acceptors (Lipinski definition) is 3. The largest absolute Gasteiger partial charge is 0.494 e. The number of rotatable bonds is 3. The third-order valence-electron chi connectivity index (χ3n) is 3.10. The Morgan fingerprint density at radius 1 is 1.53 bits per heavy atom. The van der Waals surface area contributed by atoms with Crippen LogP contribution in [-0.4, -0.2) is 36.3 Å². The Hall–Kier alpha value is -1.13. The fourth-order valence-corrected chi connectivity index (χ4v) is 2.24. The van der Waals surface area contributed by atoms with Gasteiger partial charge in [0.05, 0.1) is 13.2 Å². The van der Waals surface area contributed by atoms with E-state index in [4.69, 9.17) is 4.74 Å². The van der Waals surface area contributed by atoms with Crippen LogP contribution in [0.4, 0.5) is 4.39 Å². The van der Waals surface area contributed by atoms with E-state index >= 15 is 0 Å². The van der Waals surface area contributed by atoms with E-state index in [2.05, 4.69) is 4.90 Å². The van der Waals surface area contributed by atoms with Gasteiger partial charge in [0.2, 0.25) is 0 Å². The minimum atomic E-state index is -0.331. The summed E-state index contributed by atoms with van der Waals surface area (Å²) in [6.07, 6.45) is 1.62. The summed E-state index contributed by atoms with van der Waals surface area (Å²) in [6.45, 7) is 2.32. The number of aliphatic hydroxyl groups excluding tert-OH is 1. The van der Waals surface area contributed by atoms with E-state index < -0.39 is 0 Å². The Kier molecular flexibility index (Phi) is 3.97. The highest BCUT2D eigenvalue weighted by molar-refractivity contribution is 5.29. The molecule has 1 aliphatic heterocycles. The molecule has 0 amide bonds. The Bertz CT molecular complexity index is 384. The fourth-order valence-electron chi connectivity index (χ4n) is 2.24. The maximum absolute atomic E-state index is 13.5. The number of hydrogen-bond donors (Lipinski definition) is 1. The standard InChI is InChI=1S/C13H18FNO2/c1-17-13-5-4-10(7-12(13)14)8-15-6-2-3-11(16)9-15/h4-5,7,11,16H,2-3,6,8-9H2,1H3/t11-/m0/s1. The van der Waals surface area contributed by atoms with Gasteiger partial charge in [-0.3, -0.25) is 4.90 Å². The number of methoxy groups -OCH3 is 1. The van der Waals surface area contributed by atoms with Crippen LogP contribution in [0, 0.1) is 5.82 Å². The van der Waals surface area contributed by atoms with Gasteiger partial charge in [0.15, 0.2) is 11.6 Å². The Balaban J connectivity index is 2.00. The number of benzene rings is 1. The molecule has 3 nitrogen and oxygen atoms in total. The van der Waals surface area contributed by atoms with Crippen molar-refractivity contribution in [2.45, 2.75) is 25.5 Å². The van der Waals surface area contributed by atoms with E-state index in [9.17, 15) is 9.50 Å². The first-order valence-corrected chi connectivity index (χ1v) is 5.92. The topological polar surface area (TPSA) is 32.7 Å². The second-order valence-electron chi connectivity index (χ2n) is 4.50. The van der Waals surface area contributed by atoms with Crippen LogP contribution in [0.2, 0.25) is 0 Å². The molecule has 0 saturated carbocycles. The van der Waals surface area contributed by atoms with Gasteiger partial charge in [-0.1, -0.05) is 6.07 Å². The van der Waals surface area contributed by atoms with Crippen molar-refractivity contribution in [1.29, 1.82) is 0 Å². The summed E-state index contributed by atoms with van der Waals surface area (Å²) in [5.74, 6) is -0.0602. The van der Waals surface area contributed by atoms with E-state index in [1.807, 2.05) is 6.07 Å². The van der Waals surface area contributed by atoms with Crippen molar-refractivity contribution in [2.75, 3.05) is 20.2 Å². The van der Waals surface area contributed by atoms with E-state index in [1.165, 1.54) is 13.2 Å². The molecule has 1 aliphatic rings. The zero-order chi connectivity index (χ0) is 12.3. The summed E-state index contributed by atoms with van der Waals surface area (Å²) in [6, 6.07) is 5.01. The third kappa shape index (κ3) is 3.17. The summed E-state index contributed by atoms with van der Waals surface area (Å²) in [5.41, 5.74) is 0.914. The molecule has 17 heavy (non-hydrogen) atoms. The molecule has 1 atom stereocenters. The molecule has 1 N–H and O–H groups in total. The first kappa shape index (κ1) is 12.3. The monoisotopic (exact) mass is 239 g/mol. The van der Waals surface area contributed by atoms with Crippen LogP contribution in [-0.2, 0) is 6.54 Å². The highest BCUT2D eigenvalue weighted by Crippen LogP contribution is 2.20. The van der Waals surface area contributed by atoms with Crippen molar-refractivity contribution in [1.82, 2.24) is 4.90 Å². The van der Waals surface area contributed by atoms with Gasteiger partial charge in [0.25, 0.3) is 0 Å². The number of halogens is 1. The van der Waals surface area contributed by atoms with Gasteiger partial charge in [-0.15, -0.1) is 0 Å². The molecule has 1 fully saturated rings. The second-order valence-corrected chi connectivity index (χ2v) is 4.50. The minimum Gasteiger partial charge on any atom is -0.494 e. The normalized spacial score (nSPS) is 21.5. The zero-order valence-corrected chi connectivity index (χ0v) is 10.0. The summed E-state index contributed by atoms with van der Waals surface area (Å²) in [7, 11) is 1.46. The van der Waals surface area contributed by atoms with Crippen molar-refractivity contribution < 1.29 is 14.2 Å². The second kappa shape index (κ2) is 5.47. The molecule has 0 aliphatic carbocycles. The van der Waals surface area contributed by atoms with Gasteiger partial charge in [0, 0.05) is 13.1 Å². The number of likely N-dealkylation sites (tertiary alicyclic amines) is 1. The summed E-state index contributed by atoms with van der Waals surface area (Å²) in [4.78, 5) is 2.15. The molecule has 1 aromatic rings. The SMILES string of the molecule is COc1ccc(CN2CCC[C@H](O)C2)cc1F. The van der Waals surface area contributed by atoms with E-state index in [1.54, 1.807) is 6.07 Å². The van der Waals surface area contributed by atoms with Gasteiger partial charge in [0.1, 0.15) is 0 Å². The van der Waals surface area contributed by atoms with E-state index in [-0.39, 0.29) is 17.7 Å². The average Bonchev–Trinajstić information content (AvgIpc) is 2.29.